The first-order chi connectivity index (χ1) is 12.9. The summed E-state index contributed by atoms with van der Waals surface area (Å²) in [5, 5.41) is 28.6. The van der Waals surface area contributed by atoms with Crippen LogP contribution in [0.2, 0.25) is 0 Å². The Kier molecular flexibility index (Phi) is 3.82. The Hall–Kier alpha value is -3.44. The third-order valence-corrected chi connectivity index (χ3v) is 5.28. The van der Waals surface area contributed by atoms with Gasteiger partial charge in [-0.2, -0.15) is 5.26 Å². The maximum atomic E-state index is 14.4. The monoisotopic (exact) mass is 387 g/mol. The lowest BCUT2D eigenvalue weighted by atomic mass is 10.0. The molecule has 2 aromatic carbocycles. The fraction of sp³-hybridized carbons (Fsp3) is 0. The van der Waals surface area contributed by atoms with Crippen molar-refractivity contribution >= 4 is 21.4 Å². The minimum atomic E-state index is -1.18. The van der Waals surface area contributed by atoms with Gasteiger partial charge >= 0.3 is 0 Å². The van der Waals surface area contributed by atoms with Gasteiger partial charge in [0.05, 0.1) is 16.5 Å². The Bertz CT molecular complexity index is 1230. The highest BCUT2D eigenvalue weighted by Gasteiger charge is 2.24. The summed E-state index contributed by atoms with van der Waals surface area (Å²) in [6.07, 6.45) is 1.26. The summed E-state index contributed by atoms with van der Waals surface area (Å²) in [4.78, 5) is 0.221. The minimum Gasteiger partial charge on any atom is -0.508 e. The first-order valence-corrected chi connectivity index (χ1v) is 8.33. The number of phenolic OH excluding ortho intramolecular Hbond substituents is 2. The van der Waals surface area contributed by atoms with E-state index >= 15 is 0 Å². The average molecular weight is 387 g/mol. The van der Waals surface area contributed by atoms with E-state index in [0.29, 0.717) is 0 Å². The number of hydrogen-bond donors (Lipinski definition) is 2. The van der Waals surface area contributed by atoms with Gasteiger partial charge in [0.25, 0.3) is 0 Å². The molecule has 0 aliphatic rings. The number of phenols is 2. The van der Waals surface area contributed by atoms with Crippen LogP contribution >= 0.6 is 11.3 Å². The molecule has 0 fully saturated rings. The van der Waals surface area contributed by atoms with Crippen molar-refractivity contribution in [2.24, 2.45) is 0 Å². The van der Waals surface area contributed by atoms with Crippen LogP contribution in [0.15, 0.2) is 41.0 Å². The molecule has 0 saturated heterocycles. The third-order valence-electron chi connectivity index (χ3n) is 4.02. The second kappa shape index (κ2) is 6.07. The zero-order valence-electron chi connectivity index (χ0n) is 13.3. The number of furan rings is 1. The molecule has 27 heavy (non-hydrogen) atoms. The Morgan fingerprint density at radius 1 is 1.00 bits per heavy atom. The number of nitriles is 1. The van der Waals surface area contributed by atoms with E-state index in [4.69, 9.17) is 4.42 Å². The molecule has 0 atom stereocenters. The molecular formula is C19H8F3NO3S. The molecule has 0 bridgehead atoms. The highest BCUT2D eigenvalue weighted by Crippen LogP contribution is 2.48. The van der Waals surface area contributed by atoms with Crippen LogP contribution in [0.5, 0.6) is 11.5 Å². The van der Waals surface area contributed by atoms with E-state index in [1.165, 1.54) is 18.4 Å². The van der Waals surface area contributed by atoms with Crippen LogP contribution < -0.4 is 0 Å². The lowest BCUT2D eigenvalue weighted by Crippen LogP contribution is -1.87. The zero-order chi connectivity index (χ0) is 19.3. The quantitative estimate of drug-likeness (QED) is 0.474. The van der Waals surface area contributed by atoms with Crippen LogP contribution in [0, 0.1) is 28.8 Å². The smallest absolute Gasteiger partial charge is 0.187 e. The summed E-state index contributed by atoms with van der Waals surface area (Å²) in [5.41, 5.74) is 0.383. The van der Waals surface area contributed by atoms with Gasteiger partial charge in [-0.05, 0) is 29.8 Å². The van der Waals surface area contributed by atoms with E-state index in [1.54, 1.807) is 0 Å². The summed E-state index contributed by atoms with van der Waals surface area (Å²) >= 11 is 0.883. The van der Waals surface area contributed by atoms with Crippen molar-refractivity contribution in [3.05, 3.63) is 59.6 Å². The molecule has 4 aromatic rings. The molecule has 0 saturated carbocycles. The normalized spacial score (nSPS) is 11.0. The lowest BCUT2D eigenvalue weighted by molar-refractivity contribution is 0.396. The second-order valence-corrected chi connectivity index (χ2v) is 6.69. The number of fused-ring (bicyclic) bond motifs is 1. The molecular weight excluding hydrogens is 379 g/mol. The van der Waals surface area contributed by atoms with Gasteiger partial charge in [0.1, 0.15) is 17.6 Å². The van der Waals surface area contributed by atoms with Crippen molar-refractivity contribution in [1.29, 1.82) is 5.26 Å². The number of benzene rings is 2. The van der Waals surface area contributed by atoms with E-state index < -0.39 is 23.2 Å². The van der Waals surface area contributed by atoms with Gasteiger partial charge in [-0.25, -0.2) is 13.2 Å². The summed E-state index contributed by atoms with van der Waals surface area (Å²) in [5.74, 6) is -4.49. The highest BCUT2D eigenvalue weighted by atomic mass is 32.1. The molecule has 4 nitrogen and oxygen atoms in total. The fourth-order valence-electron chi connectivity index (χ4n) is 2.86. The Morgan fingerprint density at radius 3 is 2.37 bits per heavy atom. The Balaban J connectivity index is 2.14. The molecule has 4 rings (SSSR count). The van der Waals surface area contributed by atoms with Crippen molar-refractivity contribution in [2.45, 2.75) is 0 Å². The molecule has 0 radical (unpaired) electrons. The van der Waals surface area contributed by atoms with E-state index in [-0.39, 0.29) is 43.2 Å². The maximum absolute atomic E-state index is 14.4. The fourth-order valence-corrected chi connectivity index (χ4v) is 4.03. The first kappa shape index (κ1) is 17.0. The lowest BCUT2D eigenvalue weighted by Gasteiger charge is -2.06. The van der Waals surface area contributed by atoms with E-state index in [9.17, 15) is 28.6 Å². The number of aromatic hydroxyl groups is 2. The number of nitrogens with zero attached hydrogens (tertiary/aromatic N) is 1. The largest absolute Gasteiger partial charge is 0.508 e. The standard InChI is InChI=1S/C19H8F3NO3S/c20-12-3-9(4-13(21)16(12)25)18-15(17-8(7-23)1-2-26-17)11-5-10(24)6-14(22)19(11)27-18/h1-6,24-25H. The molecule has 0 unspecified atom stereocenters. The van der Waals surface area contributed by atoms with Crippen molar-refractivity contribution in [1.82, 2.24) is 0 Å². The van der Waals surface area contributed by atoms with Gasteiger partial charge in [0, 0.05) is 21.9 Å². The number of thiophene rings is 1. The van der Waals surface area contributed by atoms with Gasteiger partial charge in [-0.1, -0.05) is 0 Å². The highest BCUT2D eigenvalue weighted by molar-refractivity contribution is 7.23. The zero-order valence-corrected chi connectivity index (χ0v) is 14.1. The molecule has 2 N–H and O–H groups in total. The van der Waals surface area contributed by atoms with Crippen LogP contribution in [0.1, 0.15) is 5.56 Å². The summed E-state index contributed by atoms with van der Waals surface area (Å²) in [7, 11) is 0. The van der Waals surface area contributed by atoms with E-state index in [1.807, 2.05) is 6.07 Å². The molecule has 8 heteroatoms. The van der Waals surface area contributed by atoms with Crippen molar-refractivity contribution in [3.63, 3.8) is 0 Å². The predicted molar refractivity (Wildman–Crippen MR) is 92.9 cm³/mol. The Labute approximate surface area is 154 Å². The van der Waals surface area contributed by atoms with Crippen molar-refractivity contribution in [3.8, 4) is 39.3 Å². The van der Waals surface area contributed by atoms with Crippen LogP contribution in [0.25, 0.3) is 31.9 Å². The summed E-state index contributed by atoms with van der Waals surface area (Å²) in [6.45, 7) is 0. The molecule has 2 aromatic heterocycles. The SMILES string of the molecule is N#Cc1ccoc1-c1c(-c2cc(F)c(O)c(F)c2)sc2c(F)cc(O)cc12. The van der Waals surface area contributed by atoms with Crippen LogP contribution in [-0.4, -0.2) is 10.2 Å². The van der Waals surface area contributed by atoms with E-state index in [0.717, 1.165) is 29.5 Å². The van der Waals surface area contributed by atoms with Crippen molar-refractivity contribution in [2.75, 3.05) is 0 Å². The van der Waals surface area contributed by atoms with Crippen LogP contribution in [-0.2, 0) is 0 Å². The maximum Gasteiger partial charge on any atom is 0.187 e. The van der Waals surface area contributed by atoms with E-state index in [2.05, 4.69) is 0 Å². The third kappa shape index (κ3) is 2.60. The van der Waals surface area contributed by atoms with Gasteiger partial charge in [-0.3, -0.25) is 0 Å². The van der Waals surface area contributed by atoms with Gasteiger partial charge in [-0.15, -0.1) is 11.3 Å². The number of halogens is 3. The van der Waals surface area contributed by atoms with Gasteiger partial charge in [0.15, 0.2) is 23.1 Å². The van der Waals surface area contributed by atoms with Crippen LogP contribution in [0.3, 0.4) is 0 Å². The summed E-state index contributed by atoms with van der Waals surface area (Å²) in [6, 6.07) is 7.34. The molecule has 2 heterocycles. The molecule has 0 aliphatic carbocycles. The topological polar surface area (TPSA) is 77.4 Å². The van der Waals surface area contributed by atoms with Gasteiger partial charge in [0.2, 0.25) is 0 Å². The molecule has 0 aliphatic heterocycles. The van der Waals surface area contributed by atoms with Crippen molar-refractivity contribution < 1.29 is 27.8 Å². The number of rotatable bonds is 2. The number of hydrogen-bond acceptors (Lipinski definition) is 5. The Morgan fingerprint density at radius 2 is 1.70 bits per heavy atom. The van der Waals surface area contributed by atoms with Crippen LogP contribution in [0.4, 0.5) is 13.2 Å². The summed E-state index contributed by atoms with van der Waals surface area (Å²) < 4.78 is 47.6. The predicted octanol–water partition coefficient (Wildman–Crippen LogP) is 5.53. The molecule has 0 spiro atoms. The average Bonchev–Trinajstić information content (AvgIpc) is 3.22. The first-order valence-electron chi connectivity index (χ1n) is 7.52. The molecule has 134 valence electrons. The molecule has 0 amide bonds. The second-order valence-electron chi connectivity index (χ2n) is 5.67. The minimum absolute atomic E-state index is 0.0261. The van der Waals surface area contributed by atoms with Gasteiger partial charge < -0.3 is 14.6 Å².